The topological polar surface area (TPSA) is 77.8 Å². The number of para-hydroxylation sites is 1. The second kappa shape index (κ2) is 4.36. The molecule has 21 heavy (non-hydrogen) atoms. The first-order valence-corrected chi connectivity index (χ1v) is 7.16. The van der Waals surface area contributed by atoms with Crippen molar-refractivity contribution in [2.24, 2.45) is 5.73 Å². The molecule has 0 radical (unpaired) electrons. The van der Waals surface area contributed by atoms with Gasteiger partial charge in [0.15, 0.2) is 5.82 Å². The molecule has 0 bridgehead atoms. The van der Waals surface area contributed by atoms with Gasteiger partial charge in [-0.05, 0) is 38.3 Å². The van der Waals surface area contributed by atoms with Crippen molar-refractivity contribution in [3.63, 3.8) is 0 Å². The Kier molecular flexibility index (Phi) is 2.59. The number of benzene rings is 1. The number of aryl methyl sites for hydroxylation is 1. The lowest BCUT2D eigenvalue weighted by Gasteiger charge is -2.34. The zero-order valence-corrected chi connectivity index (χ0v) is 11.8. The van der Waals surface area contributed by atoms with Crippen molar-refractivity contribution in [1.82, 2.24) is 15.1 Å². The van der Waals surface area contributed by atoms with Gasteiger partial charge in [-0.3, -0.25) is 4.98 Å². The van der Waals surface area contributed by atoms with Crippen LogP contribution in [0.25, 0.3) is 22.4 Å². The highest BCUT2D eigenvalue weighted by Gasteiger charge is 2.39. The Morgan fingerprint density at radius 3 is 2.76 bits per heavy atom. The van der Waals surface area contributed by atoms with E-state index < -0.39 is 5.54 Å². The molecule has 2 heterocycles. The van der Waals surface area contributed by atoms with Crippen LogP contribution in [0, 0.1) is 6.92 Å². The van der Waals surface area contributed by atoms with E-state index in [1.807, 2.05) is 37.3 Å². The van der Waals surface area contributed by atoms with Crippen molar-refractivity contribution in [2.45, 2.75) is 31.7 Å². The molecule has 1 saturated carbocycles. The Balaban J connectivity index is 1.81. The van der Waals surface area contributed by atoms with Gasteiger partial charge in [0.1, 0.15) is 0 Å². The molecular weight excluding hydrogens is 264 g/mol. The summed E-state index contributed by atoms with van der Waals surface area (Å²) in [6.45, 7) is 1.95. The first-order chi connectivity index (χ1) is 10.2. The molecule has 0 aliphatic heterocycles. The van der Waals surface area contributed by atoms with Crippen LogP contribution in [0.4, 0.5) is 0 Å². The van der Waals surface area contributed by atoms with Crippen LogP contribution < -0.4 is 5.73 Å². The highest BCUT2D eigenvalue weighted by Crippen LogP contribution is 2.38. The number of nitrogens with two attached hydrogens (primary N) is 1. The fraction of sp³-hybridized carbons (Fsp3) is 0.312. The smallest absolute Gasteiger partial charge is 0.259 e. The summed E-state index contributed by atoms with van der Waals surface area (Å²) >= 11 is 0. The Morgan fingerprint density at radius 2 is 2.00 bits per heavy atom. The molecule has 106 valence electrons. The van der Waals surface area contributed by atoms with Gasteiger partial charge in [0, 0.05) is 5.39 Å². The summed E-state index contributed by atoms with van der Waals surface area (Å²) in [7, 11) is 0. The van der Waals surface area contributed by atoms with E-state index in [4.69, 9.17) is 10.3 Å². The third-order valence-electron chi connectivity index (χ3n) is 4.26. The quantitative estimate of drug-likeness (QED) is 0.781. The molecular formula is C16H16N4O. The van der Waals surface area contributed by atoms with E-state index in [2.05, 4.69) is 15.1 Å². The number of hydrogen-bond donors (Lipinski definition) is 1. The minimum Gasteiger partial charge on any atom is -0.334 e. The molecule has 1 aliphatic carbocycles. The summed E-state index contributed by atoms with van der Waals surface area (Å²) in [6.07, 6.45) is 2.96. The monoisotopic (exact) mass is 280 g/mol. The minimum absolute atomic E-state index is 0.403. The molecule has 1 fully saturated rings. The number of pyridine rings is 1. The maximum absolute atomic E-state index is 6.24. The highest BCUT2D eigenvalue weighted by atomic mass is 16.5. The summed E-state index contributed by atoms with van der Waals surface area (Å²) in [5.74, 6) is 1.11. The Morgan fingerprint density at radius 1 is 1.19 bits per heavy atom. The number of fused-ring (bicyclic) bond motifs is 1. The van der Waals surface area contributed by atoms with E-state index in [-0.39, 0.29) is 0 Å². The maximum atomic E-state index is 6.24. The highest BCUT2D eigenvalue weighted by molar-refractivity contribution is 5.83. The molecule has 2 aromatic heterocycles. The molecule has 3 aromatic rings. The molecule has 0 unspecified atom stereocenters. The van der Waals surface area contributed by atoms with Gasteiger partial charge >= 0.3 is 0 Å². The molecule has 0 spiro atoms. The molecule has 1 aromatic carbocycles. The summed E-state index contributed by atoms with van der Waals surface area (Å²) in [5.41, 5.74) is 8.56. The third kappa shape index (κ3) is 1.93. The summed E-state index contributed by atoms with van der Waals surface area (Å²) in [5, 5.41) is 5.13. The summed E-state index contributed by atoms with van der Waals surface area (Å²) in [4.78, 5) is 9.10. The molecule has 0 saturated heterocycles. The number of rotatable bonds is 2. The standard InChI is InChI=1S/C16H16N4O/c1-10-12(9-11-5-2-3-6-13(11)18-10)14-19-15(20-21-14)16(17)7-4-8-16/h2-3,5-6,9H,4,7-8,17H2,1H3. The zero-order valence-electron chi connectivity index (χ0n) is 11.8. The number of aromatic nitrogens is 3. The average molecular weight is 280 g/mol. The van der Waals surface area contributed by atoms with Crippen molar-refractivity contribution in [2.75, 3.05) is 0 Å². The van der Waals surface area contributed by atoms with Gasteiger partial charge in [-0.25, -0.2) is 0 Å². The minimum atomic E-state index is -0.403. The van der Waals surface area contributed by atoms with Crippen LogP contribution in [0.2, 0.25) is 0 Å². The first kappa shape index (κ1) is 12.5. The number of nitrogens with zero attached hydrogens (tertiary/aromatic N) is 3. The van der Waals surface area contributed by atoms with Gasteiger partial charge in [0.05, 0.1) is 22.3 Å². The van der Waals surface area contributed by atoms with Crippen LogP contribution >= 0.6 is 0 Å². The average Bonchev–Trinajstić information content (AvgIpc) is 2.94. The van der Waals surface area contributed by atoms with Gasteiger partial charge in [-0.15, -0.1) is 0 Å². The lowest BCUT2D eigenvalue weighted by molar-refractivity contribution is 0.229. The molecule has 5 nitrogen and oxygen atoms in total. The van der Waals surface area contributed by atoms with Gasteiger partial charge in [-0.1, -0.05) is 23.4 Å². The zero-order chi connectivity index (χ0) is 14.4. The second-order valence-electron chi connectivity index (χ2n) is 5.75. The van der Waals surface area contributed by atoms with Gasteiger partial charge in [0.25, 0.3) is 5.89 Å². The van der Waals surface area contributed by atoms with Gasteiger partial charge in [0.2, 0.25) is 0 Å². The fourth-order valence-corrected chi connectivity index (χ4v) is 2.75. The van der Waals surface area contributed by atoms with E-state index in [1.54, 1.807) is 0 Å². The van der Waals surface area contributed by atoms with Crippen molar-refractivity contribution in [3.8, 4) is 11.5 Å². The van der Waals surface area contributed by atoms with Crippen LogP contribution in [0.15, 0.2) is 34.9 Å². The van der Waals surface area contributed by atoms with E-state index in [9.17, 15) is 0 Å². The predicted octanol–water partition coefficient (Wildman–Crippen LogP) is 2.93. The molecule has 0 amide bonds. The lowest BCUT2D eigenvalue weighted by Crippen LogP contribution is -2.44. The van der Waals surface area contributed by atoms with Gasteiger partial charge < -0.3 is 10.3 Å². The van der Waals surface area contributed by atoms with E-state index >= 15 is 0 Å². The Labute approximate surface area is 122 Å². The van der Waals surface area contributed by atoms with Crippen LogP contribution in [-0.2, 0) is 5.54 Å². The van der Waals surface area contributed by atoms with Crippen LogP contribution in [0.5, 0.6) is 0 Å². The van der Waals surface area contributed by atoms with E-state index in [0.29, 0.717) is 11.7 Å². The van der Waals surface area contributed by atoms with Gasteiger partial charge in [-0.2, -0.15) is 4.98 Å². The fourth-order valence-electron chi connectivity index (χ4n) is 2.75. The predicted molar refractivity (Wildman–Crippen MR) is 79.5 cm³/mol. The normalized spacial score (nSPS) is 16.9. The van der Waals surface area contributed by atoms with Crippen molar-refractivity contribution >= 4 is 10.9 Å². The summed E-state index contributed by atoms with van der Waals surface area (Å²) in [6, 6.07) is 10.0. The number of hydrogen-bond acceptors (Lipinski definition) is 5. The molecule has 2 N–H and O–H groups in total. The first-order valence-electron chi connectivity index (χ1n) is 7.16. The largest absolute Gasteiger partial charge is 0.334 e. The van der Waals surface area contributed by atoms with Crippen molar-refractivity contribution in [1.29, 1.82) is 0 Å². The van der Waals surface area contributed by atoms with Crippen molar-refractivity contribution < 1.29 is 4.52 Å². The second-order valence-corrected chi connectivity index (χ2v) is 5.75. The maximum Gasteiger partial charge on any atom is 0.259 e. The van der Waals surface area contributed by atoms with Crippen molar-refractivity contribution in [3.05, 3.63) is 41.9 Å². The molecule has 0 atom stereocenters. The van der Waals surface area contributed by atoms with E-state index in [0.717, 1.165) is 41.4 Å². The third-order valence-corrected chi connectivity index (χ3v) is 4.26. The van der Waals surface area contributed by atoms with E-state index in [1.165, 1.54) is 0 Å². The van der Waals surface area contributed by atoms with Crippen LogP contribution in [-0.4, -0.2) is 15.1 Å². The lowest BCUT2D eigenvalue weighted by atomic mass is 9.77. The Bertz CT molecular complexity index is 820. The molecule has 4 rings (SSSR count). The van der Waals surface area contributed by atoms with Crippen LogP contribution in [0.1, 0.15) is 30.8 Å². The summed E-state index contributed by atoms with van der Waals surface area (Å²) < 4.78 is 5.42. The SMILES string of the molecule is Cc1nc2ccccc2cc1-c1nc(C2(N)CCC2)no1. The molecule has 5 heteroatoms. The van der Waals surface area contributed by atoms with Crippen LogP contribution in [0.3, 0.4) is 0 Å². The Hall–Kier alpha value is -2.27. The molecule has 1 aliphatic rings.